The van der Waals surface area contributed by atoms with Gasteiger partial charge in [-0.1, -0.05) is 19.0 Å². The normalized spacial score (nSPS) is 12.6. The van der Waals surface area contributed by atoms with Gasteiger partial charge >= 0.3 is 5.97 Å². The van der Waals surface area contributed by atoms with Crippen LogP contribution in [-0.4, -0.2) is 33.2 Å². The molecule has 7 heteroatoms. The Hall–Kier alpha value is -2.44. The fourth-order valence-corrected chi connectivity index (χ4v) is 1.92. The summed E-state index contributed by atoms with van der Waals surface area (Å²) in [5.41, 5.74) is 1.84. The zero-order valence-electron chi connectivity index (χ0n) is 12.3. The third-order valence-electron chi connectivity index (χ3n) is 3.19. The van der Waals surface area contributed by atoms with E-state index >= 15 is 0 Å². The van der Waals surface area contributed by atoms with E-state index < -0.39 is 17.9 Å². The second-order valence-corrected chi connectivity index (χ2v) is 5.23. The summed E-state index contributed by atoms with van der Waals surface area (Å²) in [5, 5.41) is 15.7. The van der Waals surface area contributed by atoms with Gasteiger partial charge in [0.05, 0.1) is 16.6 Å². The van der Waals surface area contributed by atoms with E-state index in [1.165, 1.54) is 6.92 Å². The highest BCUT2D eigenvalue weighted by Gasteiger charge is 2.22. The molecule has 112 valence electrons. The van der Waals surface area contributed by atoms with E-state index in [2.05, 4.69) is 15.5 Å². The van der Waals surface area contributed by atoms with Gasteiger partial charge in [0.2, 0.25) is 0 Å². The van der Waals surface area contributed by atoms with E-state index in [9.17, 15) is 9.59 Å². The molecule has 0 radical (unpaired) electrons. The van der Waals surface area contributed by atoms with Crippen LogP contribution in [0.4, 0.5) is 0 Å². The Bertz CT molecular complexity index is 706. The smallest absolute Gasteiger partial charge is 0.325 e. The number of rotatable bonds is 4. The first-order valence-electron chi connectivity index (χ1n) is 6.61. The molecular formula is C14H17N3O4. The van der Waals surface area contributed by atoms with Crippen molar-refractivity contribution in [1.29, 1.82) is 0 Å². The first kappa shape index (κ1) is 15.0. The maximum absolute atomic E-state index is 12.3. The number of carboxylic acid groups (broad SMARTS) is 1. The molecule has 0 aliphatic carbocycles. The van der Waals surface area contributed by atoms with Gasteiger partial charge in [0, 0.05) is 5.69 Å². The molecule has 1 atom stereocenters. The Labute approximate surface area is 121 Å². The highest BCUT2D eigenvalue weighted by atomic mass is 16.5. The lowest BCUT2D eigenvalue weighted by Gasteiger charge is -2.11. The lowest BCUT2D eigenvalue weighted by Crippen LogP contribution is -2.38. The number of fused-ring (bicyclic) bond motifs is 1. The minimum atomic E-state index is -1.10. The van der Waals surface area contributed by atoms with Crippen LogP contribution in [0.25, 0.3) is 11.1 Å². The van der Waals surface area contributed by atoms with Crippen LogP contribution in [-0.2, 0) is 4.79 Å². The largest absolute Gasteiger partial charge is 0.480 e. The molecule has 2 aromatic heterocycles. The van der Waals surface area contributed by atoms with Crippen molar-refractivity contribution >= 4 is 23.0 Å². The Morgan fingerprint density at radius 3 is 2.57 bits per heavy atom. The number of aliphatic carboxylic acids is 1. The van der Waals surface area contributed by atoms with Gasteiger partial charge < -0.3 is 14.9 Å². The number of aryl methyl sites for hydroxylation is 1. The molecule has 1 amide bonds. The number of carbonyl (C=O) groups is 2. The topological polar surface area (TPSA) is 105 Å². The zero-order valence-corrected chi connectivity index (χ0v) is 12.3. The van der Waals surface area contributed by atoms with Gasteiger partial charge in [0.15, 0.2) is 0 Å². The molecule has 2 rings (SSSR count). The second kappa shape index (κ2) is 5.51. The predicted molar refractivity (Wildman–Crippen MR) is 75.2 cm³/mol. The van der Waals surface area contributed by atoms with Crippen molar-refractivity contribution in [2.45, 2.75) is 39.7 Å². The first-order valence-corrected chi connectivity index (χ1v) is 6.61. The minimum Gasteiger partial charge on any atom is -0.480 e. The third-order valence-corrected chi connectivity index (χ3v) is 3.19. The lowest BCUT2D eigenvalue weighted by atomic mass is 10.0. The van der Waals surface area contributed by atoms with E-state index in [0.717, 1.165) is 0 Å². The first-order chi connectivity index (χ1) is 9.81. The number of hydrogen-bond acceptors (Lipinski definition) is 5. The van der Waals surface area contributed by atoms with Crippen LogP contribution >= 0.6 is 0 Å². The summed E-state index contributed by atoms with van der Waals surface area (Å²) in [7, 11) is 0. The number of amides is 1. The van der Waals surface area contributed by atoms with Gasteiger partial charge in [-0.05, 0) is 25.8 Å². The van der Waals surface area contributed by atoms with Gasteiger partial charge in [-0.3, -0.25) is 9.59 Å². The van der Waals surface area contributed by atoms with E-state index in [1.54, 1.807) is 13.0 Å². The molecule has 0 spiro atoms. The average molecular weight is 291 g/mol. The predicted octanol–water partition coefficient (Wildman–Crippen LogP) is 1.86. The quantitative estimate of drug-likeness (QED) is 0.890. The Morgan fingerprint density at radius 1 is 1.33 bits per heavy atom. The highest BCUT2D eigenvalue weighted by Crippen LogP contribution is 2.25. The van der Waals surface area contributed by atoms with E-state index in [1.807, 2.05) is 13.8 Å². The van der Waals surface area contributed by atoms with Crippen molar-refractivity contribution in [3.8, 4) is 0 Å². The molecule has 0 aliphatic heterocycles. The lowest BCUT2D eigenvalue weighted by molar-refractivity contribution is -0.138. The summed E-state index contributed by atoms with van der Waals surface area (Å²) in [4.78, 5) is 27.5. The number of aromatic nitrogens is 2. The number of nitrogens with zero attached hydrogens (tertiary/aromatic N) is 2. The van der Waals surface area contributed by atoms with Crippen molar-refractivity contribution < 1.29 is 19.2 Å². The SMILES string of the molecule is Cc1noc2nc(C(C)C)cc(C(=O)N[C@@H](C)C(=O)O)c12. The molecule has 0 saturated heterocycles. The van der Waals surface area contributed by atoms with Crippen LogP contribution in [0.2, 0.25) is 0 Å². The van der Waals surface area contributed by atoms with Crippen LogP contribution in [0.3, 0.4) is 0 Å². The van der Waals surface area contributed by atoms with Crippen LogP contribution in [0, 0.1) is 6.92 Å². The third kappa shape index (κ3) is 2.86. The number of pyridine rings is 1. The van der Waals surface area contributed by atoms with E-state index in [0.29, 0.717) is 22.3 Å². The molecule has 0 bridgehead atoms. The molecule has 21 heavy (non-hydrogen) atoms. The van der Waals surface area contributed by atoms with Crippen molar-refractivity contribution in [2.24, 2.45) is 0 Å². The summed E-state index contributed by atoms with van der Waals surface area (Å²) < 4.78 is 5.13. The van der Waals surface area contributed by atoms with Crippen molar-refractivity contribution in [1.82, 2.24) is 15.5 Å². The van der Waals surface area contributed by atoms with Gasteiger partial charge in [-0.25, -0.2) is 4.98 Å². The van der Waals surface area contributed by atoms with Crippen LogP contribution in [0.1, 0.15) is 48.4 Å². The standard InChI is InChI=1S/C14H17N3O4/c1-6(2)10-5-9(12(18)15-8(4)14(19)20)11-7(3)17-21-13(11)16-10/h5-6,8H,1-4H3,(H,15,18)(H,19,20)/t8-/m0/s1. The highest BCUT2D eigenvalue weighted by molar-refractivity contribution is 6.07. The Kier molecular flexibility index (Phi) is 3.93. The van der Waals surface area contributed by atoms with Crippen molar-refractivity contribution in [2.75, 3.05) is 0 Å². The number of nitrogens with one attached hydrogen (secondary N) is 1. The molecule has 0 fully saturated rings. The molecule has 2 aromatic rings. The zero-order chi connectivity index (χ0) is 15.7. The molecule has 0 aromatic carbocycles. The number of carbonyl (C=O) groups excluding carboxylic acids is 1. The fraction of sp³-hybridized carbons (Fsp3) is 0.429. The minimum absolute atomic E-state index is 0.100. The maximum atomic E-state index is 12.3. The van der Waals surface area contributed by atoms with E-state index in [4.69, 9.17) is 9.63 Å². The molecular weight excluding hydrogens is 274 g/mol. The Balaban J connectivity index is 2.52. The number of hydrogen-bond donors (Lipinski definition) is 2. The van der Waals surface area contributed by atoms with Crippen LogP contribution in [0.5, 0.6) is 0 Å². The molecule has 0 unspecified atom stereocenters. The maximum Gasteiger partial charge on any atom is 0.325 e. The molecule has 0 aliphatic rings. The van der Waals surface area contributed by atoms with Crippen LogP contribution < -0.4 is 5.32 Å². The van der Waals surface area contributed by atoms with Gasteiger partial charge in [0.25, 0.3) is 11.6 Å². The summed E-state index contributed by atoms with van der Waals surface area (Å²) >= 11 is 0. The van der Waals surface area contributed by atoms with Gasteiger partial charge in [0.1, 0.15) is 6.04 Å². The van der Waals surface area contributed by atoms with Gasteiger partial charge in [-0.15, -0.1) is 0 Å². The van der Waals surface area contributed by atoms with Crippen molar-refractivity contribution in [3.05, 3.63) is 23.0 Å². The average Bonchev–Trinajstić information content (AvgIpc) is 2.79. The van der Waals surface area contributed by atoms with E-state index in [-0.39, 0.29) is 11.6 Å². The number of carboxylic acids is 1. The summed E-state index contributed by atoms with van der Waals surface area (Å²) in [5.74, 6) is -1.48. The molecule has 7 nitrogen and oxygen atoms in total. The second-order valence-electron chi connectivity index (χ2n) is 5.23. The van der Waals surface area contributed by atoms with Crippen molar-refractivity contribution in [3.63, 3.8) is 0 Å². The Morgan fingerprint density at radius 2 is 2.00 bits per heavy atom. The summed E-state index contributed by atoms with van der Waals surface area (Å²) in [6.07, 6.45) is 0. The van der Waals surface area contributed by atoms with Crippen LogP contribution in [0.15, 0.2) is 10.6 Å². The summed E-state index contributed by atoms with van der Waals surface area (Å²) in [6, 6.07) is 0.671. The molecule has 0 saturated carbocycles. The monoisotopic (exact) mass is 291 g/mol. The molecule has 2 heterocycles. The van der Waals surface area contributed by atoms with Gasteiger partial charge in [-0.2, -0.15) is 0 Å². The fourth-order valence-electron chi connectivity index (χ4n) is 1.92. The molecule has 2 N–H and O–H groups in total. The summed E-state index contributed by atoms with van der Waals surface area (Å²) in [6.45, 7) is 7.00.